The molecule has 1 aromatic rings. The second-order valence-corrected chi connectivity index (χ2v) is 5.18. The summed E-state index contributed by atoms with van der Waals surface area (Å²) in [4.78, 5) is 6.73. The molecule has 0 radical (unpaired) electrons. The van der Waals surface area contributed by atoms with Gasteiger partial charge in [-0.25, -0.2) is 0 Å². The van der Waals surface area contributed by atoms with Gasteiger partial charge in [0.15, 0.2) is 0 Å². The summed E-state index contributed by atoms with van der Waals surface area (Å²) in [5.74, 6) is 0. The Morgan fingerprint density at radius 2 is 2.16 bits per heavy atom. The van der Waals surface area contributed by atoms with Crippen LogP contribution in [0.25, 0.3) is 0 Å². The minimum atomic E-state index is 0.687. The largest absolute Gasteiger partial charge is 0.311 e. The van der Waals surface area contributed by atoms with Gasteiger partial charge in [0.1, 0.15) is 0 Å². The lowest BCUT2D eigenvalue weighted by molar-refractivity contribution is 0.201. The lowest BCUT2D eigenvalue weighted by Crippen LogP contribution is -2.38. The van der Waals surface area contributed by atoms with Crippen LogP contribution in [-0.2, 0) is 6.54 Å². The first-order valence-corrected chi connectivity index (χ1v) is 7.61. The Balaban J connectivity index is 2.23. The third-order valence-corrected chi connectivity index (χ3v) is 3.64. The summed E-state index contributed by atoms with van der Waals surface area (Å²) in [5.41, 5.74) is 1.26. The van der Waals surface area contributed by atoms with Gasteiger partial charge < -0.3 is 5.32 Å². The van der Waals surface area contributed by atoms with Crippen LogP contribution in [-0.4, -0.2) is 35.6 Å². The molecule has 3 heteroatoms. The maximum Gasteiger partial charge on any atom is 0.0312 e. The molecular weight excluding hydrogens is 234 g/mol. The van der Waals surface area contributed by atoms with Crippen molar-refractivity contribution in [3.05, 3.63) is 30.1 Å². The third-order valence-electron chi connectivity index (χ3n) is 3.64. The molecule has 1 rings (SSSR count). The van der Waals surface area contributed by atoms with Crippen molar-refractivity contribution >= 4 is 0 Å². The lowest BCUT2D eigenvalue weighted by Gasteiger charge is -2.28. The Bertz CT molecular complexity index is 313. The highest BCUT2D eigenvalue weighted by Gasteiger charge is 2.10. The first-order valence-electron chi connectivity index (χ1n) is 7.61. The molecule has 1 N–H and O–H groups in total. The van der Waals surface area contributed by atoms with E-state index in [1.807, 2.05) is 18.5 Å². The lowest BCUT2D eigenvalue weighted by atomic mass is 10.2. The number of aromatic nitrogens is 1. The van der Waals surface area contributed by atoms with Gasteiger partial charge in [-0.05, 0) is 37.9 Å². The van der Waals surface area contributed by atoms with Crippen LogP contribution in [0.5, 0.6) is 0 Å². The van der Waals surface area contributed by atoms with Crippen LogP contribution in [0.3, 0.4) is 0 Å². The summed E-state index contributed by atoms with van der Waals surface area (Å²) in [6.45, 7) is 11.2. The average Bonchev–Trinajstić information content (AvgIpc) is 2.47. The molecule has 0 bridgehead atoms. The Hall–Kier alpha value is -0.930. The minimum absolute atomic E-state index is 0.687. The van der Waals surface area contributed by atoms with Gasteiger partial charge in [-0.1, -0.05) is 26.3 Å². The zero-order chi connectivity index (χ0) is 13.9. The molecule has 0 aliphatic rings. The maximum atomic E-state index is 4.13. The summed E-state index contributed by atoms with van der Waals surface area (Å²) in [6, 6.07) is 4.79. The van der Waals surface area contributed by atoms with Gasteiger partial charge in [0.2, 0.25) is 0 Å². The molecule has 0 spiro atoms. The SMILES string of the molecule is CCCCN(CCNCc1cccnc1)C(C)CC. The molecule has 0 saturated heterocycles. The number of nitrogens with one attached hydrogen (secondary N) is 1. The summed E-state index contributed by atoms with van der Waals surface area (Å²) in [5, 5.41) is 3.51. The van der Waals surface area contributed by atoms with E-state index in [0.29, 0.717) is 6.04 Å². The minimum Gasteiger partial charge on any atom is -0.311 e. The Morgan fingerprint density at radius 3 is 2.79 bits per heavy atom. The number of hydrogen-bond donors (Lipinski definition) is 1. The number of unbranched alkanes of at least 4 members (excludes halogenated alkanes) is 1. The molecule has 19 heavy (non-hydrogen) atoms. The highest BCUT2D eigenvalue weighted by molar-refractivity contribution is 5.07. The molecule has 0 saturated carbocycles. The Kier molecular flexibility index (Phi) is 8.43. The van der Waals surface area contributed by atoms with Crippen LogP contribution in [0.2, 0.25) is 0 Å². The topological polar surface area (TPSA) is 28.2 Å². The Morgan fingerprint density at radius 1 is 1.32 bits per heavy atom. The van der Waals surface area contributed by atoms with E-state index in [2.05, 4.69) is 42.0 Å². The molecule has 1 aromatic heterocycles. The molecule has 0 fully saturated rings. The fourth-order valence-corrected chi connectivity index (χ4v) is 2.13. The van der Waals surface area contributed by atoms with E-state index in [-0.39, 0.29) is 0 Å². The van der Waals surface area contributed by atoms with Gasteiger partial charge in [-0.15, -0.1) is 0 Å². The van der Waals surface area contributed by atoms with Crippen LogP contribution in [0, 0.1) is 0 Å². The van der Waals surface area contributed by atoms with Crippen LogP contribution in [0.1, 0.15) is 45.6 Å². The first kappa shape index (κ1) is 16.1. The molecule has 1 atom stereocenters. The summed E-state index contributed by atoms with van der Waals surface area (Å²) < 4.78 is 0. The van der Waals surface area contributed by atoms with E-state index < -0.39 is 0 Å². The van der Waals surface area contributed by atoms with Gasteiger partial charge in [0.25, 0.3) is 0 Å². The molecule has 0 amide bonds. The zero-order valence-corrected chi connectivity index (χ0v) is 12.7. The van der Waals surface area contributed by atoms with E-state index in [1.165, 1.54) is 31.4 Å². The van der Waals surface area contributed by atoms with E-state index in [0.717, 1.165) is 19.6 Å². The molecule has 1 heterocycles. The highest BCUT2D eigenvalue weighted by atomic mass is 15.2. The molecular formula is C16H29N3. The second kappa shape index (κ2) is 9.93. The summed E-state index contributed by atoms with van der Waals surface area (Å²) in [6.07, 6.45) is 7.55. The molecule has 3 nitrogen and oxygen atoms in total. The van der Waals surface area contributed by atoms with Gasteiger partial charge in [0, 0.05) is 38.1 Å². The van der Waals surface area contributed by atoms with Crippen molar-refractivity contribution in [2.24, 2.45) is 0 Å². The quantitative estimate of drug-likeness (QED) is 0.658. The molecule has 0 aromatic carbocycles. The van der Waals surface area contributed by atoms with Gasteiger partial charge >= 0.3 is 0 Å². The zero-order valence-electron chi connectivity index (χ0n) is 12.7. The molecule has 0 aliphatic heterocycles. The predicted molar refractivity (Wildman–Crippen MR) is 82.2 cm³/mol. The fourth-order valence-electron chi connectivity index (χ4n) is 2.13. The smallest absolute Gasteiger partial charge is 0.0312 e. The van der Waals surface area contributed by atoms with E-state index in [9.17, 15) is 0 Å². The van der Waals surface area contributed by atoms with Crippen molar-refractivity contribution in [3.63, 3.8) is 0 Å². The van der Waals surface area contributed by atoms with Gasteiger partial charge in [-0.2, -0.15) is 0 Å². The van der Waals surface area contributed by atoms with Crippen molar-refractivity contribution in [1.82, 2.24) is 15.2 Å². The number of nitrogens with zero attached hydrogens (tertiary/aromatic N) is 2. The van der Waals surface area contributed by atoms with Crippen LogP contribution < -0.4 is 5.32 Å². The number of hydrogen-bond acceptors (Lipinski definition) is 3. The van der Waals surface area contributed by atoms with E-state index >= 15 is 0 Å². The number of pyridine rings is 1. The normalized spacial score (nSPS) is 12.8. The molecule has 108 valence electrons. The van der Waals surface area contributed by atoms with Crippen molar-refractivity contribution in [2.75, 3.05) is 19.6 Å². The van der Waals surface area contributed by atoms with Gasteiger partial charge in [0.05, 0.1) is 0 Å². The third kappa shape index (κ3) is 6.69. The van der Waals surface area contributed by atoms with Gasteiger partial charge in [-0.3, -0.25) is 9.88 Å². The van der Waals surface area contributed by atoms with E-state index in [1.54, 1.807) is 0 Å². The molecule has 0 aliphatic carbocycles. The highest BCUT2D eigenvalue weighted by Crippen LogP contribution is 2.05. The monoisotopic (exact) mass is 263 g/mol. The van der Waals surface area contributed by atoms with Crippen molar-refractivity contribution in [3.8, 4) is 0 Å². The summed E-state index contributed by atoms with van der Waals surface area (Å²) >= 11 is 0. The van der Waals surface area contributed by atoms with Crippen molar-refractivity contribution in [2.45, 2.75) is 52.6 Å². The standard InChI is InChI=1S/C16H29N3/c1-4-6-11-19(15(3)5-2)12-10-18-14-16-8-7-9-17-13-16/h7-9,13,15,18H,4-6,10-12,14H2,1-3H3. The fraction of sp³-hybridized carbons (Fsp3) is 0.688. The van der Waals surface area contributed by atoms with E-state index in [4.69, 9.17) is 0 Å². The first-order chi connectivity index (χ1) is 9.27. The van der Waals surface area contributed by atoms with Crippen LogP contribution >= 0.6 is 0 Å². The average molecular weight is 263 g/mol. The second-order valence-electron chi connectivity index (χ2n) is 5.18. The van der Waals surface area contributed by atoms with Crippen LogP contribution in [0.4, 0.5) is 0 Å². The van der Waals surface area contributed by atoms with Crippen LogP contribution in [0.15, 0.2) is 24.5 Å². The summed E-state index contributed by atoms with van der Waals surface area (Å²) in [7, 11) is 0. The maximum absolute atomic E-state index is 4.13. The van der Waals surface area contributed by atoms with Crippen molar-refractivity contribution < 1.29 is 0 Å². The molecule has 1 unspecified atom stereocenters. The predicted octanol–water partition coefficient (Wildman–Crippen LogP) is 3.07. The van der Waals surface area contributed by atoms with Crippen molar-refractivity contribution in [1.29, 1.82) is 0 Å². The number of rotatable bonds is 10. The Labute approximate surface area is 118 Å².